The van der Waals surface area contributed by atoms with E-state index in [1.807, 2.05) is 6.07 Å². The Hall–Kier alpha value is -2.74. The Morgan fingerprint density at radius 3 is 2.58 bits per heavy atom. The Balaban J connectivity index is 2.73. The number of nitriles is 1. The molecule has 5 nitrogen and oxygen atoms in total. The molecule has 1 heterocycles. The van der Waals surface area contributed by atoms with Crippen molar-refractivity contribution in [2.75, 3.05) is 14.2 Å². The number of ether oxygens (including phenoxy) is 2. The maximum absolute atomic E-state index is 12.1. The summed E-state index contributed by atoms with van der Waals surface area (Å²) in [4.78, 5) is 14.9. The van der Waals surface area contributed by atoms with Gasteiger partial charge in [-0.3, -0.25) is 4.79 Å². The zero-order chi connectivity index (χ0) is 13.8. The summed E-state index contributed by atoms with van der Waals surface area (Å²) in [6.45, 7) is 0. The Kier molecular flexibility index (Phi) is 3.53. The number of hydrogen-bond acceptors (Lipinski definition) is 4. The van der Waals surface area contributed by atoms with Crippen LogP contribution in [0.4, 0.5) is 0 Å². The molecule has 5 heteroatoms. The number of hydrogen-bond donors (Lipinski definition) is 1. The van der Waals surface area contributed by atoms with Crippen LogP contribution in [-0.2, 0) is 0 Å². The number of nitrogens with one attached hydrogen (secondary N) is 1. The van der Waals surface area contributed by atoms with E-state index in [1.165, 1.54) is 20.4 Å². The summed E-state index contributed by atoms with van der Waals surface area (Å²) in [7, 11) is 3.03. The minimum absolute atomic E-state index is 0.0578. The SMILES string of the molecule is COc1cccc(-c2c[nH]cc(C#N)c2=O)c1OC. The first-order valence-electron chi connectivity index (χ1n) is 5.55. The van der Waals surface area contributed by atoms with Crippen LogP contribution >= 0.6 is 0 Å². The summed E-state index contributed by atoms with van der Waals surface area (Å²) in [6, 6.07) is 7.10. The van der Waals surface area contributed by atoms with Crippen LogP contribution in [0.2, 0.25) is 0 Å². The first-order valence-corrected chi connectivity index (χ1v) is 5.55. The Bertz CT molecular complexity index is 699. The normalized spacial score (nSPS) is 9.74. The van der Waals surface area contributed by atoms with Crippen molar-refractivity contribution in [2.45, 2.75) is 0 Å². The number of aromatic amines is 1. The van der Waals surface area contributed by atoms with Gasteiger partial charge >= 0.3 is 0 Å². The van der Waals surface area contributed by atoms with Gasteiger partial charge in [-0.1, -0.05) is 12.1 Å². The maximum atomic E-state index is 12.1. The van der Waals surface area contributed by atoms with Crippen molar-refractivity contribution in [3.63, 3.8) is 0 Å². The quantitative estimate of drug-likeness (QED) is 0.910. The number of methoxy groups -OCH3 is 2. The monoisotopic (exact) mass is 256 g/mol. The summed E-state index contributed by atoms with van der Waals surface area (Å²) in [5.41, 5.74) is 0.671. The highest BCUT2D eigenvalue weighted by Crippen LogP contribution is 2.36. The van der Waals surface area contributed by atoms with Crippen molar-refractivity contribution < 1.29 is 9.47 Å². The Morgan fingerprint density at radius 1 is 1.16 bits per heavy atom. The van der Waals surface area contributed by atoms with Crippen LogP contribution in [0.1, 0.15) is 5.56 Å². The second-order valence-corrected chi connectivity index (χ2v) is 3.76. The van der Waals surface area contributed by atoms with Crippen LogP contribution in [0.25, 0.3) is 11.1 Å². The maximum Gasteiger partial charge on any atom is 0.207 e. The first kappa shape index (κ1) is 12.7. The second kappa shape index (κ2) is 5.27. The number of rotatable bonds is 3. The zero-order valence-electron chi connectivity index (χ0n) is 10.6. The molecule has 0 saturated heterocycles. The van der Waals surface area contributed by atoms with E-state index >= 15 is 0 Å². The van der Waals surface area contributed by atoms with E-state index in [9.17, 15) is 4.79 Å². The first-order chi connectivity index (χ1) is 9.22. The van der Waals surface area contributed by atoms with Crippen molar-refractivity contribution in [1.82, 2.24) is 4.98 Å². The molecule has 2 rings (SSSR count). The molecule has 0 atom stereocenters. The van der Waals surface area contributed by atoms with Crippen LogP contribution in [0.15, 0.2) is 35.4 Å². The van der Waals surface area contributed by atoms with Gasteiger partial charge in [-0.15, -0.1) is 0 Å². The molecule has 0 spiro atoms. The predicted molar refractivity (Wildman–Crippen MR) is 70.3 cm³/mol. The van der Waals surface area contributed by atoms with E-state index in [-0.39, 0.29) is 11.0 Å². The topological polar surface area (TPSA) is 75.1 Å². The average molecular weight is 256 g/mol. The molecule has 1 aromatic heterocycles. The predicted octanol–water partition coefficient (Wildman–Crippen LogP) is 1.93. The number of nitrogens with zero attached hydrogens (tertiary/aromatic N) is 1. The second-order valence-electron chi connectivity index (χ2n) is 3.76. The van der Waals surface area contributed by atoms with Crippen LogP contribution in [0, 0.1) is 11.3 Å². The summed E-state index contributed by atoms with van der Waals surface area (Å²) in [5, 5.41) is 8.89. The van der Waals surface area contributed by atoms with E-state index in [0.717, 1.165) is 0 Å². The molecule has 19 heavy (non-hydrogen) atoms. The van der Waals surface area contributed by atoms with Gasteiger partial charge < -0.3 is 14.5 Å². The van der Waals surface area contributed by atoms with Gasteiger partial charge in [-0.2, -0.15) is 5.26 Å². The summed E-state index contributed by atoms with van der Waals surface area (Å²) in [5.74, 6) is 0.993. The van der Waals surface area contributed by atoms with Gasteiger partial charge in [0.15, 0.2) is 11.5 Å². The minimum Gasteiger partial charge on any atom is -0.493 e. The number of benzene rings is 1. The molecule has 0 aliphatic rings. The molecule has 0 aliphatic carbocycles. The van der Waals surface area contributed by atoms with Gasteiger partial charge in [0.2, 0.25) is 5.43 Å². The third-order valence-corrected chi connectivity index (χ3v) is 2.76. The lowest BCUT2D eigenvalue weighted by atomic mass is 10.0. The summed E-state index contributed by atoms with van der Waals surface area (Å²) in [6.07, 6.45) is 2.92. The van der Waals surface area contributed by atoms with E-state index in [1.54, 1.807) is 24.4 Å². The van der Waals surface area contributed by atoms with E-state index in [4.69, 9.17) is 14.7 Å². The van der Waals surface area contributed by atoms with E-state index in [0.29, 0.717) is 22.6 Å². The number of para-hydroxylation sites is 1. The van der Waals surface area contributed by atoms with Gasteiger partial charge in [-0.05, 0) is 6.07 Å². The Labute approximate surface area is 110 Å². The molecule has 0 saturated carbocycles. The molecule has 0 radical (unpaired) electrons. The molecular weight excluding hydrogens is 244 g/mol. The molecule has 1 aromatic carbocycles. The highest BCUT2D eigenvalue weighted by molar-refractivity contribution is 5.73. The smallest absolute Gasteiger partial charge is 0.207 e. The lowest BCUT2D eigenvalue weighted by Gasteiger charge is -2.12. The van der Waals surface area contributed by atoms with Gasteiger partial charge in [0, 0.05) is 18.0 Å². The molecule has 1 N–H and O–H groups in total. The standard InChI is InChI=1S/C14H12N2O3/c1-18-12-5-3-4-10(14(12)19-2)11-8-16-7-9(6-15)13(11)17/h3-5,7-8H,1-2H3,(H,16,17). The molecule has 0 amide bonds. The van der Waals surface area contributed by atoms with Crippen molar-refractivity contribution in [3.05, 3.63) is 46.4 Å². The van der Waals surface area contributed by atoms with Crippen LogP contribution in [-0.4, -0.2) is 19.2 Å². The van der Waals surface area contributed by atoms with E-state index < -0.39 is 0 Å². The van der Waals surface area contributed by atoms with Crippen molar-refractivity contribution in [1.29, 1.82) is 5.26 Å². The lowest BCUT2D eigenvalue weighted by molar-refractivity contribution is 0.356. The van der Waals surface area contributed by atoms with Crippen LogP contribution in [0.3, 0.4) is 0 Å². The van der Waals surface area contributed by atoms with Gasteiger partial charge in [0.1, 0.15) is 11.6 Å². The lowest BCUT2D eigenvalue weighted by Crippen LogP contribution is -2.10. The fraction of sp³-hybridized carbons (Fsp3) is 0.143. The van der Waals surface area contributed by atoms with Gasteiger partial charge in [-0.25, -0.2) is 0 Å². The summed E-state index contributed by atoms with van der Waals surface area (Å²) < 4.78 is 10.5. The van der Waals surface area contributed by atoms with Gasteiger partial charge in [0.05, 0.1) is 19.8 Å². The van der Waals surface area contributed by atoms with Crippen molar-refractivity contribution in [2.24, 2.45) is 0 Å². The minimum atomic E-state index is -0.340. The highest BCUT2D eigenvalue weighted by Gasteiger charge is 2.15. The van der Waals surface area contributed by atoms with Crippen LogP contribution < -0.4 is 14.9 Å². The Morgan fingerprint density at radius 2 is 1.95 bits per heavy atom. The number of H-pyrrole nitrogens is 1. The highest BCUT2D eigenvalue weighted by atomic mass is 16.5. The third-order valence-electron chi connectivity index (χ3n) is 2.76. The molecule has 0 unspecified atom stereocenters. The van der Waals surface area contributed by atoms with Crippen LogP contribution in [0.5, 0.6) is 11.5 Å². The molecule has 2 aromatic rings. The fourth-order valence-corrected chi connectivity index (χ4v) is 1.87. The van der Waals surface area contributed by atoms with Crippen molar-refractivity contribution in [3.8, 4) is 28.7 Å². The molecule has 0 bridgehead atoms. The molecule has 96 valence electrons. The summed E-state index contributed by atoms with van der Waals surface area (Å²) >= 11 is 0. The average Bonchev–Trinajstić information content (AvgIpc) is 2.46. The molecule has 0 fully saturated rings. The number of aromatic nitrogens is 1. The fourth-order valence-electron chi connectivity index (χ4n) is 1.87. The van der Waals surface area contributed by atoms with Crippen molar-refractivity contribution >= 4 is 0 Å². The zero-order valence-corrected chi connectivity index (χ0v) is 10.6. The number of pyridine rings is 1. The molecular formula is C14H12N2O3. The molecule has 0 aliphatic heterocycles. The third kappa shape index (κ3) is 2.16. The van der Waals surface area contributed by atoms with E-state index in [2.05, 4.69) is 4.98 Å². The van der Waals surface area contributed by atoms with Gasteiger partial charge in [0.25, 0.3) is 0 Å². The largest absolute Gasteiger partial charge is 0.493 e.